The lowest BCUT2D eigenvalue weighted by atomic mass is 9.95. The molecule has 0 spiro atoms. The maximum Gasteiger partial charge on any atom is 0.251 e. The van der Waals surface area contributed by atoms with Crippen LogP contribution in [0.25, 0.3) is 0 Å². The monoisotopic (exact) mass is 346 g/mol. The Hall–Kier alpha value is -0.580. The minimum absolute atomic E-state index is 0. The molecule has 1 aromatic carbocycles. The first-order valence-electron chi connectivity index (χ1n) is 6.25. The molecule has 1 aromatic rings. The van der Waals surface area contributed by atoms with Crippen LogP contribution in [0.3, 0.4) is 0 Å². The van der Waals surface area contributed by atoms with E-state index in [0.717, 1.165) is 22.9 Å². The molecule has 19 heavy (non-hydrogen) atoms. The van der Waals surface area contributed by atoms with E-state index < -0.39 is 0 Å². The predicted octanol–water partition coefficient (Wildman–Crippen LogP) is 3.04. The number of aryl methyl sites for hydroxylation is 1. The van der Waals surface area contributed by atoms with Crippen molar-refractivity contribution in [1.82, 2.24) is 5.32 Å². The number of rotatable bonds is 4. The summed E-state index contributed by atoms with van der Waals surface area (Å²) in [5, 5.41) is 3.09. The van der Waals surface area contributed by atoms with Crippen LogP contribution in [-0.4, -0.2) is 18.0 Å². The van der Waals surface area contributed by atoms with Gasteiger partial charge in [0.05, 0.1) is 5.54 Å². The van der Waals surface area contributed by atoms with Crippen LogP contribution in [-0.2, 0) is 0 Å². The summed E-state index contributed by atoms with van der Waals surface area (Å²) in [5.74, 6) is 0.494. The third kappa shape index (κ3) is 3.71. The molecule has 5 heteroatoms. The van der Waals surface area contributed by atoms with E-state index in [2.05, 4.69) is 21.2 Å². The van der Waals surface area contributed by atoms with Crippen molar-refractivity contribution in [1.29, 1.82) is 0 Å². The van der Waals surface area contributed by atoms with Gasteiger partial charge in [-0.2, -0.15) is 0 Å². The first-order chi connectivity index (χ1) is 8.46. The molecule has 0 aliphatic heterocycles. The van der Waals surface area contributed by atoms with Gasteiger partial charge in [-0.3, -0.25) is 4.79 Å². The van der Waals surface area contributed by atoms with E-state index in [9.17, 15) is 4.79 Å². The number of carbonyl (C=O) groups is 1. The van der Waals surface area contributed by atoms with Crippen LogP contribution >= 0.6 is 28.3 Å². The Labute approximate surface area is 128 Å². The normalized spacial score (nSPS) is 17.3. The highest BCUT2D eigenvalue weighted by atomic mass is 79.9. The maximum atomic E-state index is 12.2. The van der Waals surface area contributed by atoms with E-state index in [1.165, 1.54) is 0 Å². The second-order valence-corrected chi connectivity index (χ2v) is 6.17. The van der Waals surface area contributed by atoms with Gasteiger partial charge in [0, 0.05) is 16.6 Å². The van der Waals surface area contributed by atoms with Gasteiger partial charge < -0.3 is 11.1 Å². The first-order valence-corrected chi connectivity index (χ1v) is 7.04. The summed E-state index contributed by atoms with van der Waals surface area (Å²) >= 11 is 3.44. The van der Waals surface area contributed by atoms with Crippen LogP contribution in [0.1, 0.15) is 35.7 Å². The number of nitrogens with one attached hydrogen (secondary N) is 1. The second-order valence-electron chi connectivity index (χ2n) is 5.31. The van der Waals surface area contributed by atoms with Gasteiger partial charge in [0.15, 0.2) is 0 Å². The molecule has 1 saturated carbocycles. The SMILES string of the molecule is Cc1cc(C(=O)NC(C)(CN)C2CC2)ccc1Br.Cl. The molecule has 1 amide bonds. The van der Waals surface area contributed by atoms with Gasteiger partial charge in [-0.05, 0) is 56.4 Å². The van der Waals surface area contributed by atoms with Crippen molar-refractivity contribution < 1.29 is 4.79 Å². The molecule has 1 atom stereocenters. The Morgan fingerprint density at radius 3 is 2.63 bits per heavy atom. The molecule has 106 valence electrons. The minimum Gasteiger partial charge on any atom is -0.345 e. The Balaban J connectivity index is 0.00000180. The number of hydrogen-bond donors (Lipinski definition) is 2. The predicted molar refractivity (Wildman–Crippen MR) is 83.8 cm³/mol. The van der Waals surface area contributed by atoms with Crippen molar-refractivity contribution in [2.75, 3.05) is 6.54 Å². The lowest BCUT2D eigenvalue weighted by Crippen LogP contribution is -2.53. The molecule has 3 N–H and O–H groups in total. The molecule has 1 fully saturated rings. The molecule has 3 nitrogen and oxygen atoms in total. The average molecular weight is 348 g/mol. The number of nitrogens with two attached hydrogens (primary N) is 1. The summed E-state index contributed by atoms with van der Waals surface area (Å²) in [7, 11) is 0. The molecular formula is C14H20BrClN2O. The largest absolute Gasteiger partial charge is 0.345 e. The van der Waals surface area contributed by atoms with E-state index in [1.807, 2.05) is 32.0 Å². The summed E-state index contributed by atoms with van der Waals surface area (Å²) in [5.41, 5.74) is 7.29. The van der Waals surface area contributed by atoms with Crippen molar-refractivity contribution in [3.05, 3.63) is 33.8 Å². The van der Waals surface area contributed by atoms with Crippen molar-refractivity contribution in [3.8, 4) is 0 Å². The van der Waals surface area contributed by atoms with Gasteiger partial charge >= 0.3 is 0 Å². The first kappa shape index (κ1) is 16.5. The standard InChI is InChI=1S/C14H19BrN2O.ClH/c1-9-7-10(3-6-12(9)15)13(18)17-14(2,8-16)11-4-5-11;/h3,6-7,11H,4-5,8,16H2,1-2H3,(H,17,18);1H. The fourth-order valence-electron chi connectivity index (χ4n) is 2.16. The van der Waals surface area contributed by atoms with E-state index in [1.54, 1.807) is 0 Å². The number of carbonyl (C=O) groups excluding carboxylic acids is 1. The number of benzene rings is 1. The van der Waals surface area contributed by atoms with Gasteiger partial charge in [-0.15, -0.1) is 12.4 Å². The fraction of sp³-hybridized carbons (Fsp3) is 0.500. The minimum atomic E-state index is -0.266. The van der Waals surface area contributed by atoms with E-state index in [-0.39, 0.29) is 23.9 Å². The molecule has 0 saturated heterocycles. The highest BCUT2D eigenvalue weighted by molar-refractivity contribution is 9.10. The molecule has 0 heterocycles. The smallest absolute Gasteiger partial charge is 0.251 e. The summed E-state index contributed by atoms with van der Waals surface area (Å²) in [6.07, 6.45) is 2.32. The molecule has 0 bridgehead atoms. The Bertz CT molecular complexity index is 477. The number of amides is 1. The maximum absolute atomic E-state index is 12.2. The van der Waals surface area contributed by atoms with Gasteiger partial charge in [-0.1, -0.05) is 15.9 Å². The average Bonchev–Trinajstić information content (AvgIpc) is 3.16. The second kappa shape index (κ2) is 6.25. The zero-order valence-corrected chi connectivity index (χ0v) is 13.6. The summed E-state index contributed by atoms with van der Waals surface area (Å²) in [6, 6.07) is 5.63. The van der Waals surface area contributed by atoms with Crippen LogP contribution in [0, 0.1) is 12.8 Å². The Morgan fingerprint density at radius 2 is 2.16 bits per heavy atom. The van der Waals surface area contributed by atoms with Crippen LogP contribution in [0.5, 0.6) is 0 Å². The van der Waals surface area contributed by atoms with Crippen molar-refractivity contribution in [2.45, 2.75) is 32.2 Å². The quantitative estimate of drug-likeness (QED) is 0.879. The highest BCUT2D eigenvalue weighted by Gasteiger charge is 2.41. The molecular weight excluding hydrogens is 328 g/mol. The lowest BCUT2D eigenvalue weighted by molar-refractivity contribution is 0.0897. The van der Waals surface area contributed by atoms with Gasteiger partial charge in [0.1, 0.15) is 0 Å². The van der Waals surface area contributed by atoms with Crippen LogP contribution in [0.15, 0.2) is 22.7 Å². The van der Waals surface area contributed by atoms with E-state index in [0.29, 0.717) is 18.0 Å². The van der Waals surface area contributed by atoms with E-state index in [4.69, 9.17) is 5.73 Å². The molecule has 0 radical (unpaired) electrons. The Kier molecular flexibility index (Phi) is 5.42. The molecule has 0 aromatic heterocycles. The zero-order chi connectivity index (χ0) is 13.3. The zero-order valence-electron chi connectivity index (χ0n) is 11.2. The molecule has 1 aliphatic carbocycles. The van der Waals surface area contributed by atoms with E-state index >= 15 is 0 Å². The van der Waals surface area contributed by atoms with Crippen LogP contribution in [0.4, 0.5) is 0 Å². The van der Waals surface area contributed by atoms with Gasteiger partial charge in [0.25, 0.3) is 5.91 Å². The summed E-state index contributed by atoms with van der Waals surface area (Å²) in [4.78, 5) is 12.2. The topological polar surface area (TPSA) is 55.1 Å². The van der Waals surface area contributed by atoms with Crippen LogP contribution in [0.2, 0.25) is 0 Å². The number of hydrogen-bond acceptors (Lipinski definition) is 2. The van der Waals surface area contributed by atoms with Crippen LogP contribution < -0.4 is 11.1 Å². The van der Waals surface area contributed by atoms with Crippen molar-refractivity contribution in [2.24, 2.45) is 11.7 Å². The Morgan fingerprint density at radius 1 is 1.53 bits per heavy atom. The molecule has 1 unspecified atom stereocenters. The third-order valence-electron chi connectivity index (χ3n) is 3.72. The van der Waals surface area contributed by atoms with Crippen molar-refractivity contribution >= 4 is 34.2 Å². The third-order valence-corrected chi connectivity index (χ3v) is 4.61. The lowest BCUT2D eigenvalue weighted by Gasteiger charge is -2.29. The number of halogens is 2. The summed E-state index contributed by atoms with van der Waals surface area (Å²) < 4.78 is 1.02. The highest BCUT2D eigenvalue weighted by Crippen LogP contribution is 2.39. The van der Waals surface area contributed by atoms with Gasteiger partial charge in [-0.25, -0.2) is 0 Å². The van der Waals surface area contributed by atoms with Gasteiger partial charge in [0.2, 0.25) is 0 Å². The van der Waals surface area contributed by atoms with Crippen molar-refractivity contribution in [3.63, 3.8) is 0 Å². The molecule has 2 rings (SSSR count). The summed E-state index contributed by atoms with van der Waals surface area (Å²) in [6.45, 7) is 4.50. The molecule has 1 aliphatic rings. The fourth-order valence-corrected chi connectivity index (χ4v) is 2.40.